The first kappa shape index (κ1) is 14.2. The van der Waals surface area contributed by atoms with Gasteiger partial charge in [-0.2, -0.15) is 0 Å². The van der Waals surface area contributed by atoms with Gasteiger partial charge in [-0.15, -0.1) is 0 Å². The summed E-state index contributed by atoms with van der Waals surface area (Å²) in [6.45, 7) is 0.974. The van der Waals surface area contributed by atoms with Crippen molar-refractivity contribution in [2.24, 2.45) is 0 Å². The maximum absolute atomic E-state index is 13.5. The number of aromatic nitrogens is 2. The predicted octanol–water partition coefficient (Wildman–Crippen LogP) is 2.30. The number of nitrogens with one attached hydrogen (secondary N) is 1. The van der Waals surface area contributed by atoms with Crippen LogP contribution in [-0.4, -0.2) is 40.1 Å². The number of anilines is 1. The highest BCUT2D eigenvalue weighted by Gasteiger charge is 2.28. The van der Waals surface area contributed by atoms with Crippen LogP contribution in [0.25, 0.3) is 0 Å². The summed E-state index contributed by atoms with van der Waals surface area (Å²) in [4.78, 5) is 21.7. The molecular weight excluding hydrogens is 287 g/mol. The van der Waals surface area contributed by atoms with E-state index in [9.17, 15) is 9.18 Å². The zero-order valence-electron chi connectivity index (χ0n) is 11.8. The molecule has 2 amide bonds. The number of carbonyl (C=O) groups excluding carboxylic acids is 1. The SMILES string of the molecule is O=C(Nc1ccccc1F)N1CCC(Oc2cnccn2)C1. The molecule has 1 aromatic heterocycles. The first-order chi connectivity index (χ1) is 10.7. The van der Waals surface area contributed by atoms with Crippen molar-refractivity contribution in [2.45, 2.75) is 12.5 Å². The number of halogens is 1. The van der Waals surface area contributed by atoms with Gasteiger partial charge in [-0.1, -0.05) is 12.1 Å². The molecule has 0 spiro atoms. The minimum atomic E-state index is -0.456. The third-order valence-corrected chi connectivity index (χ3v) is 3.37. The van der Waals surface area contributed by atoms with Crippen molar-refractivity contribution in [3.8, 4) is 5.88 Å². The standard InChI is InChI=1S/C15H15FN4O2/c16-12-3-1-2-4-13(12)19-15(21)20-8-5-11(10-20)22-14-9-17-6-7-18-14/h1-4,6-7,9,11H,5,8,10H2,(H,19,21). The third kappa shape index (κ3) is 3.30. The molecule has 0 bridgehead atoms. The van der Waals surface area contributed by atoms with E-state index in [1.54, 1.807) is 29.4 Å². The molecule has 1 fully saturated rings. The fourth-order valence-electron chi connectivity index (χ4n) is 2.28. The second kappa shape index (κ2) is 6.38. The van der Waals surface area contributed by atoms with E-state index in [0.717, 1.165) is 0 Å². The number of hydrogen-bond acceptors (Lipinski definition) is 4. The lowest BCUT2D eigenvalue weighted by molar-refractivity contribution is 0.189. The van der Waals surface area contributed by atoms with Gasteiger partial charge in [0.15, 0.2) is 0 Å². The molecule has 114 valence electrons. The van der Waals surface area contributed by atoms with Crippen LogP contribution in [0.3, 0.4) is 0 Å². The summed E-state index contributed by atoms with van der Waals surface area (Å²) < 4.78 is 19.2. The van der Waals surface area contributed by atoms with Gasteiger partial charge >= 0.3 is 6.03 Å². The minimum Gasteiger partial charge on any atom is -0.471 e. The Bertz CT molecular complexity index is 653. The van der Waals surface area contributed by atoms with E-state index in [-0.39, 0.29) is 17.8 Å². The third-order valence-electron chi connectivity index (χ3n) is 3.37. The molecule has 0 radical (unpaired) electrons. The number of ether oxygens (including phenoxy) is 1. The quantitative estimate of drug-likeness (QED) is 0.944. The summed E-state index contributed by atoms with van der Waals surface area (Å²) in [6, 6.07) is 5.74. The number of nitrogens with zero attached hydrogens (tertiary/aromatic N) is 3. The Morgan fingerprint density at radius 1 is 1.36 bits per heavy atom. The van der Waals surface area contributed by atoms with E-state index in [1.807, 2.05) is 0 Å². The van der Waals surface area contributed by atoms with Gasteiger partial charge in [0.05, 0.1) is 18.4 Å². The van der Waals surface area contributed by atoms with Crippen molar-refractivity contribution in [1.29, 1.82) is 0 Å². The van der Waals surface area contributed by atoms with Crippen LogP contribution in [0.15, 0.2) is 42.9 Å². The maximum atomic E-state index is 13.5. The van der Waals surface area contributed by atoms with Gasteiger partial charge in [0, 0.05) is 25.4 Å². The molecule has 0 saturated carbocycles. The summed E-state index contributed by atoms with van der Waals surface area (Å²) in [5.74, 6) is -0.0220. The average molecular weight is 302 g/mol. The topological polar surface area (TPSA) is 67.4 Å². The molecule has 7 heteroatoms. The van der Waals surface area contributed by atoms with Crippen LogP contribution < -0.4 is 10.1 Å². The molecule has 2 heterocycles. The van der Waals surface area contributed by atoms with Gasteiger partial charge < -0.3 is 15.0 Å². The highest BCUT2D eigenvalue weighted by atomic mass is 19.1. The molecule has 1 atom stereocenters. The molecule has 1 N–H and O–H groups in total. The highest BCUT2D eigenvalue weighted by Crippen LogP contribution is 2.18. The van der Waals surface area contributed by atoms with E-state index in [1.165, 1.54) is 18.3 Å². The lowest BCUT2D eigenvalue weighted by Gasteiger charge is -2.17. The number of carbonyl (C=O) groups is 1. The van der Waals surface area contributed by atoms with Crippen molar-refractivity contribution in [3.05, 3.63) is 48.7 Å². The van der Waals surface area contributed by atoms with Crippen LogP contribution in [0.2, 0.25) is 0 Å². The lowest BCUT2D eigenvalue weighted by atomic mass is 10.3. The Hall–Kier alpha value is -2.70. The number of benzene rings is 1. The Balaban J connectivity index is 1.56. The molecule has 1 aliphatic rings. The van der Waals surface area contributed by atoms with Crippen molar-refractivity contribution in [2.75, 3.05) is 18.4 Å². The molecular formula is C15H15FN4O2. The zero-order chi connectivity index (χ0) is 15.4. The van der Waals surface area contributed by atoms with Gasteiger partial charge in [-0.3, -0.25) is 4.98 Å². The number of likely N-dealkylation sites (tertiary alicyclic amines) is 1. The molecule has 3 rings (SSSR count). The summed E-state index contributed by atoms with van der Waals surface area (Å²) in [6.07, 6.45) is 5.20. The molecule has 22 heavy (non-hydrogen) atoms. The molecule has 1 aromatic carbocycles. The summed E-state index contributed by atoms with van der Waals surface area (Å²) in [5.41, 5.74) is 0.172. The Labute approximate surface area is 126 Å². The van der Waals surface area contributed by atoms with Crippen LogP contribution in [0.5, 0.6) is 5.88 Å². The zero-order valence-corrected chi connectivity index (χ0v) is 11.8. The van der Waals surface area contributed by atoms with Crippen molar-refractivity contribution in [3.63, 3.8) is 0 Å². The summed E-state index contributed by atoms with van der Waals surface area (Å²) in [5, 5.41) is 2.57. The number of urea groups is 1. The van der Waals surface area contributed by atoms with Crippen molar-refractivity contribution >= 4 is 11.7 Å². The smallest absolute Gasteiger partial charge is 0.322 e. The predicted molar refractivity (Wildman–Crippen MR) is 78.1 cm³/mol. The first-order valence-corrected chi connectivity index (χ1v) is 6.95. The summed E-state index contributed by atoms with van der Waals surface area (Å²) >= 11 is 0. The summed E-state index contributed by atoms with van der Waals surface area (Å²) in [7, 11) is 0. The molecule has 6 nitrogen and oxygen atoms in total. The highest BCUT2D eigenvalue weighted by molar-refractivity contribution is 5.89. The normalized spacial score (nSPS) is 17.3. The van der Waals surface area contributed by atoms with Gasteiger partial charge in [0.25, 0.3) is 0 Å². The van der Waals surface area contributed by atoms with Crippen LogP contribution in [0.1, 0.15) is 6.42 Å². The maximum Gasteiger partial charge on any atom is 0.322 e. The monoisotopic (exact) mass is 302 g/mol. The molecule has 1 aliphatic heterocycles. The lowest BCUT2D eigenvalue weighted by Crippen LogP contribution is -2.34. The van der Waals surface area contributed by atoms with Crippen LogP contribution >= 0.6 is 0 Å². The molecule has 1 unspecified atom stereocenters. The van der Waals surface area contributed by atoms with E-state index < -0.39 is 5.82 Å². The average Bonchev–Trinajstić information content (AvgIpc) is 2.99. The molecule has 0 aliphatic carbocycles. The van der Waals surface area contributed by atoms with E-state index in [0.29, 0.717) is 25.4 Å². The number of hydrogen-bond donors (Lipinski definition) is 1. The van der Waals surface area contributed by atoms with Crippen molar-refractivity contribution in [1.82, 2.24) is 14.9 Å². The van der Waals surface area contributed by atoms with Gasteiger partial charge in [-0.25, -0.2) is 14.2 Å². The first-order valence-electron chi connectivity index (χ1n) is 6.95. The Kier molecular flexibility index (Phi) is 4.13. The largest absolute Gasteiger partial charge is 0.471 e. The van der Waals surface area contributed by atoms with Crippen molar-refractivity contribution < 1.29 is 13.9 Å². The number of amides is 2. The second-order valence-electron chi connectivity index (χ2n) is 4.93. The molecule has 2 aromatic rings. The fourth-order valence-corrected chi connectivity index (χ4v) is 2.28. The minimum absolute atomic E-state index is 0.136. The number of rotatable bonds is 3. The number of para-hydroxylation sites is 1. The van der Waals surface area contributed by atoms with E-state index in [4.69, 9.17) is 4.74 Å². The van der Waals surface area contributed by atoms with Gasteiger partial charge in [0.2, 0.25) is 5.88 Å². The fraction of sp³-hybridized carbons (Fsp3) is 0.267. The van der Waals surface area contributed by atoms with E-state index in [2.05, 4.69) is 15.3 Å². The van der Waals surface area contributed by atoms with E-state index >= 15 is 0 Å². The second-order valence-corrected chi connectivity index (χ2v) is 4.93. The molecule has 1 saturated heterocycles. The van der Waals surface area contributed by atoms with Crippen LogP contribution in [-0.2, 0) is 0 Å². The van der Waals surface area contributed by atoms with Crippen LogP contribution in [0, 0.1) is 5.82 Å². The Morgan fingerprint density at radius 2 is 2.23 bits per heavy atom. The van der Waals surface area contributed by atoms with Gasteiger partial charge in [0.1, 0.15) is 11.9 Å². The Morgan fingerprint density at radius 3 is 3.00 bits per heavy atom. The van der Waals surface area contributed by atoms with Crippen LogP contribution in [0.4, 0.5) is 14.9 Å². The van der Waals surface area contributed by atoms with Gasteiger partial charge in [-0.05, 0) is 12.1 Å².